The SMILES string of the molecule is NC(=O)C(Cc1cnc[nH]1)[C@@H](Cc1ccc2ccccc2c1)[C@@H]1CCN(CC(c2ccccc2)c2ccccc2)C(=O)[C@H](CCCN=C(N)N)N1. The molecule has 264 valence electrons. The monoisotopic (exact) mass is 684 g/mol. The molecule has 1 aromatic heterocycles. The van der Waals surface area contributed by atoms with Crippen molar-refractivity contribution in [3.8, 4) is 0 Å². The second-order valence-corrected chi connectivity index (χ2v) is 13.6. The number of guanidine groups is 1. The molecule has 4 aromatic carbocycles. The molecular weight excluding hydrogens is 637 g/mol. The van der Waals surface area contributed by atoms with Gasteiger partial charge in [0.15, 0.2) is 5.96 Å². The Kier molecular flexibility index (Phi) is 11.8. The van der Waals surface area contributed by atoms with E-state index < -0.39 is 12.0 Å². The van der Waals surface area contributed by atoms with Gasteiger partial charge in [-0.2, -0.15) is 0 Å². The molecule has 2 amide bonds. The highest BCUT2D eigenvalue weighted by Gasteiger charge is 2.39. The number of hydrogen-bond donors (Lipinski definition) is 5. The van der Waals surface area contributed by atoms with E-state index in [9.17, 15) is 9.59 Å². The number of rotatable bonds is 15. The molecule has 0 saturated carbocycles. The number of nitrogens with one attached hydrogen (secondary N) is 2. The molecule has 10 nitrogen and oxygen atoms in total. The van der Waals surface area contributed by atoms with E-state index in [1.165, 1.54) is 0 Å². The van der Waals surface area contributed by atoms with Gasteiger partial charge >= 0.3 is 0 Å². The van der Waals surface area contributed by atoms with Crippen LogP contribution in [0.4, 0.5) is 0 Å². The van der Waals surface area contributed by atoms with Crippen molar-refractivity contribution in [1.82, 2.24) is 20.2 Å². The van der Waals surface area contributed by atoms with E-state index in [2.05, 4.69) is 74.9 Å². The number of imidazole rings is 1. The number of aromatic amines is 1. The Balaban J connectivity index is 1.35. The number of amides is 2. The summed E-state index contributed by atoms with van der Waals surface area (Å²) in [6.45, 7) is 1.47. The number of fused-ring (bicyclic) bond motifs is 1. The summed E-state index contributed by atoms with van der Waals surface area (Å²) in [7, 11) is 0. The summed E-state index contributed by atoms with van der Waals surface area (Å²) >= 11 is 0. The smallest absolute Gasteiger partial charge is 0.239 e. The van der Waals surface area contributed by atoms with Gasteiger partial charge < -0.3 is 32.4 Å². The molecule has 10 heteroatoms. The Labute approximate surface area is 299 Å². The fraction of sp³-hybridized carbons (Fsp3) is 0.317. The second-order valence-electron chi connectivity index (χ2n) is 13.6. The maximum atomic E-state index is 14.6. The van der Waals surface area contributed by atoms with Gasteiger partial charge in [0.2, 0.25) is 11.8 Å². The number of benzene rings is 4. The molecule has 6 rings (SSSR count). The standard InChI is InChI=1S/C41H48N8O2/c42-39(50)35(24-33-25-45-27-47-33)34(23-28-17-18-29-10-7-8-15-32(29)22-28)37-19-21-49(40(51)38(48-37)16-9-20-46-41(43)44)26-36(30-11-3-1-4-12-30)31-13-5-2-6-14-31/h1-8,10-15,17-18,22,25,27,34-38,48H,9,16,19-21,23-24,26H2,(H2,42,50)(H,45,47)(H4,43,44,46)/t34-,35?,37+,38+/m1/s1. The molecular formula is C41H48N8O2. The third kappa shape index (κ3) is 9.20. The van der Waals surface area contributed by atoms with Crippen LogP contribution in [0.25, 0.3) is 10.8 Å². The van der Waals surface area contributed by atoms with Crippen molar-refractivity contribution < 1.29 is 9.59 Å². The minimum atomic E-state index is -0.514. The fourth-order valence-electron chi connectivity index (χ4n) is 7.56. The van der Waals surface area contributed by atoms with E-state index in [1.807, 2.05) is 53.4 Å². The summed E-state index contributed by atoms with van der Waals surface area (Å²) < 4.78 is 0. The zero-order valence-corrected chi connectivity index (χ0v) is 28.9. The van der Waals surface area contributed by atoms with Crippen molar-refractivity contribution in [3.63, 3.8) is 0 Å². The zero-order chi connectivity index (χ0) is 35.6. The van der Waals surface area contributed by atoms with Crippen LogP contribution < -0.4 is 22.5 Å². The Morgan fingerprint density at radius 1 is 0.882 bits per heavy atom. The Morgan fingerprint density at radius 2 is 1.57 bits per heavy atom. The van der Waals surface area contributed by atoms with Gasteiger partial charge in [-0.15, -0.1) is 0 Å². The lowest BCUT2D eigenvalue weighted by atomic mass is 9.77. The van der Waals surface area contributed by atoms with Gasteiger partial charge in [-0.1, -0.05) is 103 Å². The second kappa shape index (κ2) is 17.0. The molecule has 1 unspecified atom stereocenters. The average Bonchev–Trinajstić information content (AvgIpc) is 3.62. The topological polar surface area (TPSA) is 169 Å². The number of H-pyrrole nitrogens is 1. The Hall–Kier alpha value is -5.48. The lowest BCUT2D eigenvalue weighted by Crippen LogP contribution is -2.51. The molecule has 1 aliphatic rings. The van der Waals surface area contributed by atoms with Crippen molar-refractivity contribution in [2.24, 2.45) is 34.0 Å². The molecule has 1 saturated heterocycles. The van der Waals surface area contributed by atoms with Crippen molar-refractivity contribution >= 4 is 28.5 Å². The van der Waals surface area contributed by atoms with Crippen LogP contribution in [0.5, 0.6) is 0 Å². The third-order valence-electron chi connectivity index (χ3n) is 10.2. The molecule has 5 aromatic rings. The molecule has 8 N–H and O–H groups in total. The first-order valence-corrected chi connectivity index (χ1v) is 17.8. The van der Waals surface area contributed by atoms with E-state index in [4.69, 9.17) is 17.2 Å². The van der Waals surface area contributed by atoms with Gasteiger partial charge in [0.25, 0.3) is 0 Å². The van der Waals surface area contributed by atoms with E-state index in [0.29, 0.717) is 51.7 Å². The lowest BCUT2D eigenvalue weighted by Gasteiger charge is -2.34. The summed E-state index contributed by atoms with van der Waals surface area (Å²) in [6, 6.07) is 34.7. The van der Waals surface area contributed by atoms with E-state index in [1.54, 1.807) is 12.5 Å². The van der Waals surface area contributed by atoms with Gasteiger partial charge in [-0.05, 0) is 59.1 Å². The molecule has 0 aliphatic carbocycles. The van der Waals surface area contributed by atoms with Gasteiger partial charge in [0.05, 0.1) is 12.4 Å². The summed E-state index contributed by atoms with van der Waals surface area (Å²) in [5.74, 6) is -1.04. The van der Waals surface area contributed by atoms with Gasteiger partial charge in [0.1, 0.15) is 0 Å². The first kappa shape index (κ1) is 35.3. The molecule has 1 fully saturated rings. The Morgan fingerprint density at radius 3 is 2.22 bits per heavy atom. The Bertz CT molecular complexity index is 1850. The van der Waals surface area contributed by atoms with Crippen LogP contribution in [0.1, 0.15) is 47.6 Å². The maximum Gasteiger partial charge on any atom is 0.239 e. The number of nitrogens with two attached hydrogens (primary N) is 3. The summed E-state index contributed by atoms with van der Waals surface area (Å²) in [5, 5.41) is 6.07. The summed E-state index contributed by atoms with van der Waals surface area (Å²) in [4.78, 5) is 41.5. The van der Waals surface area contributed by atoms with Gasteiger partial charge in [-0.25, -0.2) is 4.98 Å². The summed E-state index contributed by atoms with van der Waals surface area (Å²) in [6.07, 6.45) is 6.19. The quantitative estimate of drug-likeness (QED) is 0.0618. The van der Waals surface area contributed by atoms with Crippen LogP contribution in [0.15, 0.2) is 121 Å². The molecule has 4 atom stereocenters. The number of hydrogen-bond acceptors (Lipinski definition) is 5. The molecule has 0 radical (unpaired) electrons. The highest BCUT2D eigenvalue weighted by molar-refractivity contribution is 5.84. The first-order chi connectivity index (χ1) is 24.9. The molecule has 2 heterocycles. The number of carbonyl (C=O) groups is 2. The predicted molar refractivity (Wildman–Crippen MR) is 203 cm³/mol. The number of carbonyl (C=O) groups excluding carboxylic acids is 2. The van der Waals surface area contributed by atoms with E-state index in [-0.39, 0.29) is 35.7 Å². The molecule has 0 spiro atoms. The number of aromatic nitrogens is 2. The summed E-state index contributed by atoms with van der Waals surface area (Å²) in [5.41, 5.74) is 21.7. The van der Waals surface area contributed by atoms with E-state index in [0.717, 1.165) is 33.2 Å². The van der Waals surface area contributed by atoms with Gasteiger partial charge in [-0.3, -0.25) is 14.6 Å². The van der Waals surface area contributed by atoms with Crippen molar-refractivity contribution in [2.75, 3.05) is 19.6 Å². The predicted octanol–water partition coefficient (Wildman–Crippen LogP) is 4.51. The first-order valence-electron chi connectivity index (χ1n) is 17.8. The van der Waals surface area contributed by atoms with Gasteiger partial charge in [0, 0.05) is 55.8 Å². The fourth-order valence-corrected chi connectivity index (χ4v) is 7.56. The minimum absolute atomic E-state index is 0.0117. The van der Waals surface area contributed by atoms with Crippen molar-refractivity contribution in [1.29, 1.82) is 0 Å². The highest BCUT2D eigenvalue weighted by Crippen LogP contribution is 2.32. The largest absolute Gasteiger partial charge is 0.370 e. The minimum Gasteiger partial charge on any atom is -0.370 e. The van der Waals surface area contributed by atoms with Crippen LogP contribution in [0.3, 0.4) is 0 Å². The highest BCUT2D eigenvalue weighted by atomic mass is 16.2. The van der Waals surface area contributed by atoms with Crippen molar-refractivity contribution in [3.05, 3.63) is 138 Å². The molecule has 1 aliphatic heterocycles. The van der Waals surface area contributed by atoms with Crippen molar-refractivity contribution in [2.45, 2.75) is 50.1 Å². The van der Waals surface area contributed by atoms with Crippen LogP contribution in [-0.4, -0.2) is 64.4 Å². The zero-order valence-electron chi connectivity index (χ0n) is 28.9. The number of nitrogens with zero attached hydrogens (tertiary/aromatic N) is 3. The average molecular weight is 685 g/mol. The lowest BCUT2D eigenvalue weighted by molar-refractivity contribution is -0.133. The van der Waals surface area contributed by atoms with E-state index >= 15 is 0 Å². The number of primary amides is 1. The number of aliphatic imine (C=N–C) groups is 1. The van der Waals surface area contributed by atoms with Crippen LogP contribution >= 0.6 is 0 Å². The normalized spacial score (nSPS) is 17.6. The molecule has 0 bridgehead atoms. The van der Waals surface area contributed by atoms with Crippen LogP contribution in [0.2, 0.25) is 0 Å². The maximum absolute atomic E-state index is 14.6. The molecule has 51 heavy (non-hydrogen) atoms. The van der Waals surface area contributed by atoms with Crippen LogP contribution in [0, 0.1) is 11.8 Å². The van der Waals surface area contributed by atoms with Crippen LogP contribution in [-0.2, 0) is 22.4 Å². The third-order valence-corrected chi connectivity index (χ3v) is 10.2.